The molecule has 2 N–H and O–H groups in total. The zero-order valence-corrected chi connectivity index (χ0v) is 13.1. The van der Waals surface area contributed by atoms with Crippen LogP contribution in [0.1, 0.15) is 11.8 Å². The largest absolute Gasteiger partial charge is 0.497 e. The molecular formula is C15H20N2O3S. The lowest BCUT2D eigenvalue weighted by Crippen LogP contribution is -2.25. The van der Waals surface area contributed by atoms with E-state index in [1.54, 1.807) is 7.11 Å². The number of ether oxygens (including phenoxy) is 1. The summed E-state index contributed by atoms with van der Waals surface area (Å²) in [7, 11) is 1.63. The number of aromatic amines is 1. The Balaban J connectivity index is 2.28. The minimum absolute atomic E-state index is 0.0594. The van der Waals surface area contributed by atoms with Gasteiger partial charge in [-0.3, -0.25) is 9.69 Å². The molecule has 0 atom stereocenters. The summed E-state index contributed by atoms with van der Waals surface area (Å²) in [6, 6.07) is 7.62. The van der Waals surface area contributed by atoms with Crippen molar-refractivity contribution in [3.05, 3.63) is 38.8 Å². The third-order valence-electron chi connectivity index (χ3n) is 3.33. The van der Waals surface area contributed by atoms with E-state index < -0.39 is 0 Å². The highest BCUT2D eigenvalue weighted by Gasteiger charge is 2.13. The average molecular weight is 308 g/mol. The van der Waals surface area contributed by atoms with Crippen molar-refractivity contribution < 1.29 is 9.84 Å². The van der Waals surface area contributed by atoms with E-state index in [2.05, 4.69) is 9.88 Å². The summed E-state index contributed by atoms with van der Waals surface area (Å²) < 4.78 is 5.15. The highest BCUT2D eigenvalue weighted by Crippen LogP contribution is 2.26. The maximum atomic E-state index is 11.7. The van der Waals surface area contributed by atoms with E-state index >= 15 is 0 Å². The molecule has 21 heavy (non-hydrogen) atoms. The number of benzene rings is 1. The lowest BCUT2D eigenvalue weighted by atomic mass is 10.1. The SMILES string of the molecule is CCN(CCO)Cc1sc(=O)[nH]c1-c1ccc(OC)cc1. The molecule has 114 valence electrons. The molecule has 0 fully saturated rings. The molecule has 5 nitrogen and oxygen atoms in total. The number of aliphatic hydroxyl groups is 1. The maximum Gasteiger partial charge on any atom is 0.305 e. The molecule has 0 saturated heterocycles. The number of aliphatic hydroxyl groups excluding tert-OH is 1. The lowest BCUT2D eigenvalue weighted by Gasteiger charge is -2.18. The van der Waals surface area contributed by atoms with Gasteiger partial charge in [-0.05, 0) is 36.4 Å². The fourth-order valence-corrected chi connectivity index (χ4v) is 3.05. The van der Waals surface area contributed by atoms with Crippen molar-refractivity contribution in [1.82, 2.24) is 9.88 Å². The summed E-state index contributed by atoms with van der Waals surface area (Å²) in [6.45, 7) is 4.24. The van der Waals surface area contributed by atoms with Gasteiger partial charge in [-0.1, -0.05) is 18.3 Å². The van der Waals surface area contributed by atoms with Gasteiger partial charge >= 0.3 is 4.87 Å². The van der Waals surface area contributed by atoms with Crippen LogP contribution in [0.15, 0.2) is 29.1 Å². The first-order chi connectivity index (χ1) is 10.2. The second-order valence-electron chi connectivity index (χ2n) is 4.63. The standard InChI is InChI=1S/C15H20N2O3S/c1-3-17(8-9-18)10-13-14(16-15(19)21-13)11-4-6-12(20-2)7-5-11/h4-7,18H,3,8-10H2,1-2H3,(H,16,19). The number of methoxy groups -OCH3 is 1. The van der Waals surface area contributed by atoms with Gasteiger partial charge in [0.25, 0.3) is 0 Å². The number of aromatic nitrogens is 1. The van der Waals surface area contributed by atoms with Crippen LogP contribution in [0.3, 0.4) is 0 Å². The Morgan fingerprint density at radius 3 is 2.62 bits per heavy atom. The van der Waals surface area contributed by atoms with Gasteiger partial charge in [0.2, 0.25) is 0 Å². The maximum absolute atomic E-state index is 11.7. The molecule has 0 aliphatic carbocycles. The fraction of sp³-hybridized carbons (Fsp3) is 0.400. The number of hydrogen-bond donors (Lipinski definition) is 2. The molecule has 1 aromatic carbocycles. The van der Waals surface area contributed by atoms with Crippen LogP contribution < -0.4 is 9.61 Å². The van der Waals surface area contributed by atoms with Crippen molar-refractivity contribution in [1.29, 1.82) is 0 Å². The summed E-state index contributed by atoms with van der Waals surface area (Å²) in [5.41, 5.74) is 1.81. The fourth-order valence-electron chi connectivity index (χ4n) is 2.16. The van der Waals surface area contributed by atoms with E-state index in [1.807, 2.05) is 31.2 Å². The average Bonchev–Trinajstić information content (AvgIpc) is 2.87. The van der Waals surface area contributed by atoms with E-state index in [-0.39, 0.29) is 11.5 Å². The molecule has 0 saturated carbocycles. The van der Waals surface area contributed by atoms with Crippen molar-refractivity contribution >= 4 is 11.3 Å². The molecule has 1 aromatic heterocycles. The predicted molar refractivity (Wildman–Crippen MR) is 85.0 cm³/mol. The number of nitrogens with one attached hydrogen (secondary N) is 1. The van der Waals surface area contributed by atoms with E-state index in [1.165, 1.54) is 11.3 Å². The van der Waals surface area contributed by atoms with Crippen molar-refractivity contribution in [2.24, 2.45) is 0 Å². The van der Waals surface area contributed by atoms with Crippen molar-refractivity contribution in [3.63, 3.8) is 0 Å². The van der Waals surface area contributed by atoms with Gasteiger partial charge in [0.05, 0.1) is 19.4 Å². The summed E-state index contributed by atoms with van der Waals surface area (Å²) >= 11 is 1.22. The monoisotopic (exact) mass is 308 g/mol. The lowest BCUT2D eigenvalue weighted by molar-refractivity contribution is 0.198. The van der Waals surface area contributed by atoms with Crippen LogP contribution in [0.2, 0.25) is 0 Å². The minimum atomic E-state index is -0.0594. The first-order valence-electron chi connectivity index (χ1n) is 6.87. The number of likely N-dealkylation sites (N-methyl/N-ethyl adjacent to an activating group) is 1. The molecule has 0 spiro atoms. The number of nitrogens with zero attached hydrogens (tertiary/aromatic N) is 1. The third kappa shape index (κ3) is 3.93. The van der Waals surface area contributed by atoms with Gasteiger partial charge in [0.15, 0.2) is 0 Å². The summed E-state index contributed by atoms with van der Waals surface area (Å²) in [5, 5.41) is 9.07. The Kier molecular flexibility index (Phi) is 5.55. The van der Waals surface area contributed by atoms with Gasteiger partial charge in [0, 0.05) is 18.0 Å². The minimum Gasteiger partial charge on any atom is -0.497 e. The molecule has 0 unspecified atom stereocenters. The summed E-state index contributed by atoms with van der Waals surface area (Å²) in [6.07, 6.45) is 0. The summed E-state index contributed by atoms with van der Waals surface area (Å²) in [4.78, 5) is 17.6. The summed E-state index contributed by atoms with van der Waals surface area (Å²) in [5.74, 6) is 0.786. The second-order valence-corrected chi connectivity index (χ2v) is 5.70. The van der Waals surface area contributed by atoms with E-state index in [9.17, 15) is 4.79 Å². The second kappa shape index (κ2) is 7.40. The van der Waals surface area contributed by atoms with Gasteiger partial charge in [0.1, 0.15) is 5.75 Å². The van der Waals surface area contributed by atoms with E-state index in [0.717, 1.165) is 28.4 Å². The van der Waals surface area contributed by atoms with E-state index in [0.29, 0.717) is 13.1 Å². The normalized spacial score (nSPS) is 11.0. The van der Waals surface area contributed by atoms with Crippen LogP contribution in [0.5, 0.6) is 5.75 Å². The van der Waals surface area contributed by atoms with E-state index in [4.69, 9.17) is 9.84 Å². The van der Waals surface area contributed by atoms with Crippen LogP contribution in [0.4, 0.5) is 0 Å². The van der Waals surface area contributed by atoms with Crippen molar-refractivity contribution in [3.8, 4) is 17.0 Å². The number of H-pyrrole nitrogens is 1. The van der Waals surface area contributed by atoms with Crippen molar-refractivity contribution in [2.45, 2.75) is 13.5 Å². The van der Waals surface area contributed by atoms with Crippen LogP contribution >= 0.6 is 11.3 Å². The topological polar surface area (TPSA) is 65.6 Å². The number of rotatable bonds is 7. The van der Waals surface area contributed by atoms with Gasteiger partial charge < -0.3 is 14.8 Å². The molecule has 0 aliphatic heterocycles. The Hall–Kier alpha value is -1.63. The Bertz CT molecular complexity index is 619. The zero-order valence-electron chi connectivity index (χ0n) is 12.3. The molecule has 0 radical (unpaired) electrons. The van der Waals surface area contributed by atoms with Crippen molar-refractivity contribution in [2.75, 3.05) is 26.8 Å². The number of hydrogen-bond acceptors (Lipinski definition) is 5. The Morgan fingerprint density at radius 2 is 2.05 bits per heavy atom. The highest BCUT2D eigenvalue weighted by molar-refractivity contribution is 7.09. The van der Waals surface area contributed by atoms with Crippen LogP contribution in [0, 0.1) is 0 Å². The Morgan fingerprint density at radius 1 is 1.33 bits per heavy atom. The molecule has 0 bridgehead atoms. The zero-order chi connectivity index (χ0) is 15.2. The molecule has 0 amide bonds. The molecule has 2 aromatic rings. The highest BCUT2D eigenvalue weighted by atomic mass is 32.1. The Labute approximate surface area is 127 Å². The smallest absolute Gasteiger partial charge is 0.305 e. The predicted octanol–water partition coefficient (Wildman–Crippen LogP) is 1.93. The first-order valence-corrected chi connectivity index (χ1v) is 7.69. The third-order valence-corrected chi connectivity index (χ3v) is 4.20. The van der Waals surface area contributed by atoms with Crippen LogP contribution in [0.25, 0.3) is 11.3 Å². The molecule has 1 heterocycles. The van der Waals surface area contributed by atoms with Gasteiger partial charge in [-0.2, -0.15) is 0 Å². The molecule has 2 rings (SSSR count). The van der Waals surface area contributed by atoms with Gasteiger partial charge in [-0.25, -0.2) is 0 Å². The first kappa shape index (κ1) is 15.8. The number of thiazole rings is 1. The van der Waals surface area contributed by atoms with Gasteiger partial charge in [-0.15, -0.1) is 0 Å². The molecular weight excluding hydrogens is 288 g/mol. The quantitative estimate of drug-likeness (QED) is 0.820. The molecule has 6 heteroatoms. The van der Waals surface area contributed by atoms with Crippen LogP contribution in [-0.4, -0.2) is 41.8 Å². The van der Waals surface area contributed by atoms with Crippen LogP contribution in [-0.2, 0) is 6.54 Å². The molecule has 0 aliphatic rings.